The summed E-state index contributed by atoms with van der Waals surface area (Å²) < 4.78 is 2.66. The van der Waals surface area contributed by atoms with E-state index in [4.69, 9.17) is 9.97 Å². The summed E-state index contributed by atoms with van der Waals surface area (Å²) >= 11 is 1.90. The molecule has 0 aliphatic heterocycles. The first-order valence-corrected chi connectivity index (χ1v) is 16.1. The highest BCUT2D eigenvalue weighted by molar-refractivity contribution is 7.26. The molecule has 0 amide bonds. The predicted molar refractivity (Wildman–Crippen MR) is 192 cm³/mol. The number of rotatable bonds is 3. The van der Waals surface area contributed by atoms with Crippen molar-refractivity contribution in [2.75, 3.05) is 0 Å². The van der Waals surface area contributed by atoms with Crippen molar-refractivity contribution in [3.05, 3.63) is 146 Å². The first-order valence-electron chi connectivity index (χ1n) is 15.3. The molecule has 3 heteroatoms. The molecular weight excluding hydrogens is 565 g/mol. The molecule has 2 heterocycles. The van der Waals surface area contributed by atoms with Crippen LogP contribution < -0.4 is 0 Å². The Balaban J connectivity index is 1.22. The van der Waals surface area contributed by atoms with Gasteiger partial charge < -0.3 is 0 Å². The maximum Gasteiger partial charge on any atom is 0.160 e. The highest BCUT2D eigenvalue weighted by Gasteiger charge is 2.19. The zero-order valence-electron chi connectivity index (χ0n) is 24.2. The lowest BCUT2D eigenvalue weighted by molar-refractivity contribution is 1.23. The highest BCUT2D eigenvalue weighted by atomic mass is 32.1. The molecule has 0 atom stereocenters. The molecule has 0 N–H and O–H groups in total. The van der Waals surface area contributed by atoms with Crippen LogP contribution in [0.25, 0.3) is 97.2 Å². The number of fused-ring (bicyclic) bond motifs is 6. The third kappa shape index (κ3) is 3.62. The van der Waals surface area contributed by atoms with Crippen molar-refractivity contribution in [1.82, 2.24) is 9.97 Å². The molecule has 0 saturated carbocycles. The van der Waals surface area contributed by atoms with E-state index in [1.807, 2.05) is 17.4 Å². The Bertz CT molecular complexity index is 2760. The van der Waals surface area contributed by atoms with Crippen molar-refractivity contribution in [1.29, 1.82) is 0 Å². The van der Waals surface area contributed by atoms with E-state index in [0.717, 1.165) is 38.9 Å². The topological polar surface area (TPSA) is 25.8 Å². The Kier molecular flexibility index (Phi) is 5.19. The number of hydrogen-bond donors (Lipinski definition) is 0. The van der Waals surface area contributed by atoms with Gasteiger partial charge in [0.2, 0.25) is 0 Å². The van der Waals surface area contributed by atoms with E-state index < -0.39 is 0 Å². The van der Waals surface area contributed by atoms with Crippen LogP contribution in [0.15, 0.2) is 146 Å². The molecule has 0 fully saturated rings. The third-order valence-corrected chi connectivity index (χ3v) is 10.4. The molecule has 10 aromatic rings. The number of aromatic nitrogens is 2. The Labute approximate surface area is 263 Å². The van der Waals surface area contributed by atoms with E-state index in [1.165, 1.54) is 58.2 Å². The fourth-order valence-corrected chi connectivity index (χ4v) is 8.48. The van der Waals surface area contributed by atoms with Gasteiger partial charge in [0.15, 0.2) is 5.82 Å². The number of thiophene rings is 1. The van der Waals surface area contributed by atoms with Crippen molar-refractivity contribution >= 4 is 74.7 Å². The van der Waals surface area contributed by atoms with E-state index in [9.17, 15) is 0 Å². The molecule has 10 rings (SSSR count). The minimum absolute atomic E-state index is 0.737. The van der Waals surface area contributed by atoms with Gasteiger partial charge in [-0.1, -0.05) is 127 Å². The fourth-order valence-electron chi connectivity index (χ4n) is 7.18. The molecule has 0 saturated heterocycles. The number of benzene rings is 8. The van der Waals surface area contributed by atoms with Crippen molar-refractivity contribution < 1.29 is 0 Å². The van der Waals surface area contributed by atoms with Crippen LogP contribution in [0.4, 0.5) is 0 Å². The molecule has 0 radical (unpaired) electrons. The van der Waals surface area contributed by atoms with Crippen LogP contribution in [-0.2, 0) is 0 Å². The van der Waals surface area contributed by atoms with Gasteiger partial charge in [-0.25, -0.2) is 9.97 Å². The van der Waals surface area contributed by atoms with Gasteiger partial charge in [0.25, 0.3) is 0 Å². The molecule has 45 heavy (non-hydrogen) atoms. The summed E-state index contributed by atoms with van der Waals surface area (Å²) in [6.07, 6.45) is 0. The maximum absolute atomic E-state index is 5.24. The normalized spacial score (nSPS) is 12.0. The maximum atomic E-state index is 5.24. The molecule has 208 valence electrons. The number of hydrogen-bond acceptors (Lipinski definition) is 3. The summed E-state index contributed by atoms with van der Waals surface area (Å²) in [4.78, 5) is 10.5. The van der Waals surface area contributed by atoms with E-state index in [2.05, 4.69) is 140 Å². The molecule has 0 bridgehead atoms. The smallest absolute Gasteiger partial charge is 0.160 e. The van der Waals surface area contributed by atoms with E-state index in [1.54, 1.807) is 0 Å². The fraction of sp³-hybridized carbons (Fsp3) is 0. The van der Waals surface area contributed by atoms with Crippen molar-refractivity contribution in [3.63, 3.8) is 0 Å². The lowest BCUT2D eigenvalue weighted by atomic mass is 9.92. The molecule has 0 unspecified atom stereocenters. The Hall–Kier alpha value is -5.64. The van der Waals surface area contributed by atoms with Crippen LogP contribution in [0.5, 0.6) is 0 Å². The van der Waals surface area contributed by atoms with Crippen LogP contribution in [-0.4, -0.2) is 9.97 Å². The first-order chi connectivity index (χ1) is 22.3. The van der Waals surface area contributed by atoms with Crippen LogP contribution in [0.2, 0.25) is 0 Å². The SMILES string of the molecule is c1ccc(-c2nc(-c3cccc(-c4ccc5c6ccccc6c6cccc7sc4c5c76)c3)nc3c2ccc2ccccc23)cc1. The van der Waals surface area contributed by atoms with Gasteiger partial charge >= 0.3 is 0 Å². The second-order valence-corrected chi connectivity index (χ2v) is 12.8. The zero-order valence-corrected chi connectivity index (χ0v) is 25.0. The molecule has 2 aromatic heterocycles. The van der Waals surface area contributed by atoms with Gasteiger partial charge in [-0.05, 0) is 56.3 Å². The average Bonchev–Trinajstić information content (AvgIpc) is 3.51. The summed E-state index contributed by atoms with van der Waals surface area (Å²) in [5.41, 5.74) is 6.45. The summed E-state index contributed by atoms with van der Waals surface area (Å²) in [7, 11) is 0. The van der Waals surface area contributed by atoms with Gasteiger partial charge in [0.1, 0.15) is 0 Å². The Morgan fingerprint density at radius 3 is 1.96 bits per heavy atom. The van der Waals surface area contributed by atoms with E-state index >= 15 is 0 Å². The van der Waals surface area contributed by atoms with Gasteiger partial charge in [-0.3, -0.25) is 0 Å². The quantitative estimate of drug-likeness (QED) is 0.192. The molecule has 0 spiro atoms. The van der Waals surface area contributed by atoms with E-state index in [-0.39, 0.29) is 0 Å². The van der Waals surface area contributed by atoms with Crippen LogP contribution in [0.3, 0.4) is 0 Å². The van der Waals surface area contributed by atoms with Gasteiger partial charge in [0, 0.05) is 42.1 Å². The third-order valence-electron chi connectivity index (χ3n) is 9.22. The largest absolute Gasteiger partial charge is 0.227 e. The van der Waals surface area contributed by atoms with Crippen LogP contribution >= 0.6 is 11.3 Å². The summed E-state index contributed by atoms with van der Waals surface area (Å²) in [6, 6.07) is 52.2. The van der Waals surface area contributed by atoms with Crippen molar-refractivity contribution in [2.24, 2.45) is 0 Å². The zero-order chi connectivity index (χ0) is 29.5. The second kappa shape index (κ2) is 9.43. The van der Waals surface area contributed by atoms with Gasteiger partial charge in [-0.15, -0.1) is 11.3 Å². The summed E-state index contributed by atoms with van der Waals surface area (Å²) in [6.45, 7) is 0. The monoisotopic (exact) mass is 588 g/mol. The van der Waals surface area contributed by atoms with Crippen LogP contribution in [0, 0.1) is 0 Å². The molecule has 2 nitrogen and oxygen atoms in total. The highest BCUT2D eigenvalue weighted by Crippen LogP contribution is 2.48. The lowest BCUT2D eigenvalue weighted by Gasteiger charge is -2.13. The first kappa shape index (κ1) is 24.8. The van der Waals surface area contributed by atoms with Crippen molar-refractivity contribution in [3.8, 4) is 33.8 Å². The minimum Gasteiger partial charge on any atom is -0.227 e. The Morgan fingerprint density at radius 2 is 1.09 bits per heavy atom. The summed E-state index contributed by atoms with van der Waals surface area (Å²) in [5, 5.41) is 11.4. The van der Waals surface area contributed by atoms with E-state index in [0.29, 0.717) is 0 Å². The molecule has 0 aliphatic carbocycles. The summed E-state index contributed by atoms with van der Waals surface area (Å²) in [5.74, 6) is 0.737. The minimum atomic E-state index is 0.737. The molecular formula is C42H24N2S. The van der Waals surface area contributed by atoms with Gasteiger partial charge in [-0.2, -0.15) is 0 Å². The van der Waals surface area contributed by atoms with Gasteiger partial charge in [0.05, 0.1) is 11.2 Å². The average molecular weight is 589 g/mol. The van der Waals surface area contributed by atoms with Crippen molar-refractivity contribution in [2.45, 2.75) is 0 Å². The number of nitrogens with zero attached hydrogens (tertiary/aromatic N) is 2. The standard InChI is InChI=1S/C42H24N2S/c1-2-11-26(12-3-1)39-35-21-20-25-10-4-5-15-29(25)40(35)44-42(43-39)28-14-8-13-27(24-28)30-22-23-34-32-17-7-6-16-31(32)33-18-9-19-36-37(33)38(34)41(30)45-36/h1-24H. The molecule has 8 aromatic carbocycles. The Morgan fingerprint density at radius 1 is 0.422 bits per heavy atom. The molecule has 0 aliphatic rings. The second-order valence-electron chi connectivity index (χ2n) is 11.7. The predicted octanol–water partition coefficient (Wildman–Crippen LogP) is 11.9. The van der Waals surface area contributed by atoms with Crippen LogP contribution in [0.1, 0.15) is 0 Å². The lowest BCUT2D eigenvalue weighted by Crippen LogP contribution is -1.96.